The van der Waals surface area contributed by atoms with E-state index < -0.39 is 29.1 Å². The van der Waals surface area contributed by atoms with Gasteiger partial charge in [-0.3, -0.25) is 0 Å². The average Bonchev–Trinajstić information content (AvgIpc) is 3.04. The van der Waals surface area contributed by atoms with Crippen molar-refractivity contribution in [2.45, 2.75) is 0 Å². The van der Waals surface area contributed by atoms with Crippen LogP contribution >= 0.6 is 0 Å². The summed E-state index contributed by atoms with van der Waals surface area (Å²) in [6.45, 7) is 0. The van der Waals surface area contributed by atoms with Gasteiger partial charge in [0.25, 0.3) is 0 Å². The molecule has 0 radical (unpaired) electrons. The third-order valence-electron chi connectivity index (χ3n) is 6.74. The van der Waals surface area contributed by atoms with E-state index in [9.17, 15) is 27.2 Å². The zero-order chi connectivity index (χ0) is 33.1. The van der Waals surface area contributed by atoms with Gasteiger partial charge >= 0.3 is 0 Å². The van der Waals surface area contributed by atoms with E-state index in [1.807, 2.05) is 6.07 Å². The number of rotatable bonds is 8. The second-order valence-electron chi connectivity index (χ2n) is 9.94. The van der Waals surface area contributed by atoms with E-state index in [0.717, 1.165) is 24.3 Å². The summed E-state index contributed by atoms with van der Waals surface area (Å²) in [5.74, 6) is -4.21. The van der Waals surface area contributed by atoms with Crippen LogP contribution in [-0.2, 0) is 0 Å². The Morgan fingerprint density at radius 3 is 1.55 bits per heavy atom. The van der Waals surface area contributed by atoms with Gasteiger partial charge in [0.2, 0.25) is 17.8 Å². The molecule has 0 atom stereocenters. The number of aromatic nitrogens is 4. The predicted molar refractivity (Wildman–Crippen MR) is 167 cm³/mol. The lowest BCUT2D eigenvalue weighted by molar-refractivity contribution is 0.585. The lowest BCUT2D eigenvalue weighted by Gasteiger charge is -2.13. The molecule has 14 heteroatoms. The number of benzene rings is 4. The molecule has 0 amide bonds. The lowest BCUT2D eigenvalue weighted by atomic mass is 9.98. The summed E-state index contributed by atoms with van der Waals surface area (Å²) in [4.78, 5) is 17.0. The first kappa shape index (κ1) is 30.4. The van der Waals surface area contributed by atoms with Crippen LogP contribution in [0.15, 0.2) is 91.0 Å². The molecule has 6 aromatic rings. The Balaban J connectivity index is 1.31. The Morgan fingerprint density at radius 2 is 1.04 bits per heavy atom. The number of hydrogen-bond acceptors (Lipinski definition) is 9. The van der Waals surface area contributed by atoms with Crippen molar-refractivity contribution in [2.24, 2.45) is 0 Å². The number of nitrogen functional groups attached to an aromatic ring is 1. The standard InChI is InChI=1S/C33H20F5N9/c34-19-5-1-17(2-6-19)23-15-29(42-30(40)24(23)16-39)18-3-9-22(10-4-18)41-31-45-32(43-27-11-7-20(35)13-25(27)37)47-33(46-31)44-28-12-8-21(36)14-26(28)38/h1-15H,(H2,40,42)(H3,41,43,44,45,46,47). The Bertz CT molecular complexity index is 2080. The summed E-state index contributed by atoms with van der Waals surface area (Å²) in [7, 11) is 0. The molecule has 0 aliphatic carbocycles. The summed E-state index contributed by atoms with van der Waals surface area (Å²) < 4.78 is 69.1. The molecule has 0 aliphatic rings. The minimum atomic E-state index is -0.908. The number of anilines is 7. The van der Waals surface area contributed by atoms with Gasteiger partial charge < -0.3 is 21.7 Å². The van der Waals surface area contributed by atoms with E-state index in [-0.39, 0.29) is 40.6 Å². The highest BCUT2D eigenvalue weighted by Gasteiger charge is 2.15. The second-order valence-corrected chi connectivity index (χ2v) is 9.94. The SMILES string of the molecule is N#Cc1c(-c2ccc(F)cc2)cc(-c2ccc(Nc3nc(Nc4ccc(F)cc4F)nc(Nc4ccc(F)cc4F)n3)cc2)nc1N. The van der Waals surface area contributed by atoms with Gasteiger partial charge in [-0.25, -0.2) is 26.9 Å². The molecule has 5 N–H and O–H groups in total. The fraction of sp³-hybridized carbons (Fsp3) is 0. The quantitative estimate of drug-likeness (QED) is 0.122. The van der Waals surface area contributed by atoms with E-state index in [0.29, 0.717) is 40.2 Å². The van der Waals surface area contributed by atoms with Crippen molar-refractivity contribution in [3.63, 3.8) is 0 Å². The minimum absolute atomic E-state index is 0.00644. The van der Waals surface area contributed by atoms with Crippen molar-refractivity contribution >= 4 is 40.7 Å². The highest BCUT2D eigenvalue weighted by Crippen LogP contribution is 2.32. The maximum absolute atomic E-state index is 14.4. The van der Waals surface area contributed by atoms with Gasteiger partial charge in [0.15, 0.2) is 0 Å². The number of halogens is 5. The van der Waals surface area contributed by atoms with Crippen LogP contribution in [-0.4, -0.2) is 19.9 Å². The fourth-order valence-electron chi connectivity index (χ4n) is 4.51. The number of nitrogens with one attached hydrogen (secondary N) is 3. The van der Waals surface area contributed by atoms with Crippen LogP contribution in [0.4, 0.5) is 62.7 Å². The van der Waals surface area contributed by atoms with Crippen molar-refractivity contribution in [3.8, 4) is 28.5 Å². The molecule has 0 fully saturated rings. The number of hydrogen-bond donors (Lipinski definition) is 4. The Morgan fingerprint density at radius 1 is 0.553 bits per heavy atom. The van der Waals surface area contributed by atoms with Crippen LogP contribution in [0.3, 0.4) is 0 Å². The van der Waals surface area contributed by atoms with Crippen LogP contribution < -0.4 is 21.7 Å². The maximum atomic E-state index is 14.4. The van der Waals surface area contributed by atoms with Gasteiger partial charge in [0.1, 0.15) is 46.5 Å². The van der Waals surface area contributed by atoms with Gasteiger partial charge in [-0.2, -0.15) is 20.2 Å². The van der Waals surface area contributed by atoms with Gasteiger partial charge in [0.05, 0.1) is 17.1 Å². The Labute approximate surface area is 263 Å². The molecule has 6 rings (SSSR count). The molecule has 2 heterocycles. The summed E-state index contributed by atoms with van der Waals surface area (Å²) >= 11 is 0. The van der Waals surface area contributed by atoms with Crippen molar-refractivity contribution in [2.75, 3.05) is 21.7 Å². The molecule has 9 nitrogen and oxygen atoms in total. The summed E-state index contributed by atoms with van der Waals surface area (Å²) in [6, 6.07) is 21.9. The zero-order valence-corrected chi connectivity index (χ0v) is 23.9. The molecule has 0 saturated heterocycles. The molecule has 0 saturated carbocycles. The topological polar surface area (TPSA) is 137 Å². The first-order valence-corrected chi connectivity index (χ1v) is 13.7. The molecular formula is C33H20F5N9. The molecule has 47 heavy (non-hydrogen) atoms. The highest BCUT2D eigenvalue weighted by molar-refractivity contribution is 5.80. The normalized spacial score (nSPS) is 10.7. The molecule has 0 bridgehead atoms. The van der Waals surface area contributed by atoms with Gasteiger partial charge in [-0.15, -0.1) is 0 Å². The van der Waals surface area contributed by atoms with Crippen molar-refractivity contribution < 1.29 is 22.0 Å². The molecule has 4 aromatic carbocycles. The van der Waals surface area contributed by atoms with Crippen LogP contribution in [0.1, 0.15) is 5.56 Å². The third kappa shape index (κ3) is 6.89. The Hall–Kier alpha value is -6.62. The van der Waals surface area contributed by atoms with Crippen molar-refractivity contribution in [3.05, 3.63) is 126 Å². The first-order chi connectivity index (χ1) is 22.6. The van der Waals surface area contributed by atoms with Crippen molar-refractivity contribution in [1.82, 2.24) is 19.9 Å². The molecule has 232 valence electrons. The van der Waals surface area contributed by atoms with E-state index in [1.165, 1.54) is 24.3 Å². The van der Waals surface area contributed by atoms with Crippen LogP contribution in [0, 0.1) is 40.4 Å². The number of nitriles is 1. The molecule has 2 aromatic heterocycles. The molecular weight excluding hydrogens is 617 g/mol. The summed E-state index contributed by atoms with van der Waals surface area (Å²) in [6.07, 6.45) is 0. The third-order valence-corrected chi connectivity index (χ3v) is 6.74. The van der Waals surface area contributed by atoms with Gasteiger partial charge in [-0.1, -0.05) is 24.3 Å². The molecule has 0 spiro atoms. The number of pyridine rings is 1. The van der Waals surface area contributed by atoms with E-state index in [4.69, 9.17) is 5.73 Å². The van der Waals surface area contributed by atoms with E-state index in [2.05, 4.69) is 35.9 Å². The van der Waals surface area contributed by atoms with Gasteiger partial charge in [0, 0.05) is 28.9 Å². The lowest BCUT2D eigenvalue weighted by Crippen LogP contribution is -2.08. The van der Waals surface area contributed by atoms with Crippen LogP contribution in [0.25, 0.3) is 22.4 Å². The maximum Gasteiger partial charge on any atom is 0.233 e. The highest BCUT2D eigenvalue weighted by atomic mass is 19.1. The second kappa shape index (κ2) is 12.8. The minimum Gasteiger partial charge on any atom is -0.383 e. The number of nitrogens with two attached hydrogens (primary N) is 1. The average molecular weight is 638 g/mol. The van der Waals surface area contributed by atoms with E-state index >= 15 is 0 Å². The zero-order valence-electron chi connectivity index (χ0n) is 23.9. The summed E-state index contributed by atoms with van der Waals surface area (Å²) in [5, 5.41) is 17.9. The molecule has 0 unspecified atom stereocenters. The number of nitrogens with zero attached hydrogens (tertiary/aromatic N) is 5. The largest absolute Gasteiger partial charge is 0.383 e. The van der Waals surface area contributed by atoms with Gasteiger partial charge in [-0.05, 0) is 60.2 Å². The smallest absolute Gasteiger partial charge is 0.233 e. The Kier molecular flexibility index (Phi) is 8.27. The monoisotopic (exact) mass is 637 g/mol. The van der Waals surface area contributed by atoms with Crippen LogP contribution in [0.5, 0.6) is 0 Å². The van der Waals surface area contributed by atoms with Crippen LogP contribution in [0.2, 0.25) is 0 Å². The molecule has 0 aliphatic heterocycles. The fourth-order valence-corrected chi connectivity index (χ4v) is 4.51. The summed E-state index contributed by atoms with van der Waals surface area (Å²) in [5.41, 5.74) is 8.62. The van der Waals surface area contributed by atoms with Crippen molar-refractivity contribution in [1.29, 1.82) is 5.26 Å². The van der Waals surface area contributed by atoms with E-state index in [1.54, 1.807) is 30.3 Å². The first-order valence-electron chi connectivity index (χ1n) is 13.7. The predicted octanol–water partition coefficient (Wildman–Crippen LogP) is 7.98.